The van der Waals surface area contributed by atoms with E-state index in [1.165, 1.54) is 6.08 Å². The first-order chi connectivity index (χ1) is 15.0. The molecule has 2 amide bonds. The van der Waals surface area contributed by atoms with Gasteiger partial charge in [-0.1, -0.05) is 24.3 Å². The Kier molecular flexibility index (Phi) is 7.71. The molecule has 3 aromatic rings. The minimum atomic E-state index is -0.453. The maximum Gasteiger partial charge on any atom is 0.268 e. The van der Waals surface area contributed by atoms with Crippen LogP contribution >= 0.6 is 22.6 Å². The highest BCUT2D eigenvalue weighted by molar-refractivity contribution is 14.1. The van der Waals surface area contributed by atoms with Crippen LogP contribution in [0.3, 0.4) is 0 Å². The molecule has 0 aliphatic heterocycles. The van der Waals surface area contributed by atoms with E-state index in [0.717, 1.165) is 5.56 Å². The fourth-order valence-corrected chi connectivity index (χ4v) is 3.19. The summed E-state index contributed by atoms with van der Waals surface area (Å²) in [6, 6.07) is 17.5. The van der Waals surface area contributed by atoms with Crippen LogP contribution in [0.2, 0.25) is 0 Å². The molecule has 160 valence electrons. The topological polar surface area (TPSA) is 89.8 Å². The fraction of sp³-hybridized carbons (Fsp3) is 0.130. The number of carbonyl (C=O) groups excluding carboxylic acids is 2. The number of rotatable bonds is 8. The van der Waals surface area contributed by atoms with E-state index < -0.39 is 11.8 Å². The molecule has 0 aliphatic carbocycles. The van der Waals surface area contributed by atoms with Crippen molar-refractivity contribution in [3.05, 3.63) is 87.0 Å². The summed E-state index contributed by atoms with van der Waals surface area (Å²) in [4.78, 5) is 25.5. The largest absolute Gasteiger partial charge is 0.493 e. The van der Waals surface area contributed by atoms with Crippen LogP contribution in [0, 0.1) is 3.77 Å². The van der Waals surface area contributed by atoms with Crippen LogP contribution in [0.15, 0.2) is 70.8 Å². The van der Waals surface area contributed by atoms with Gasteiger partial charge in [0.1, 0.15) is 11.5 Å². The third-order valence-corrected chi connectivity index (χ3v) is 4.89. The average Bonchev–Trinajstić information content (AvgIpc) is 3.21. The molecule has 7 nitrogen and oxygen atoms in total. The van der Waals surface area contributed by atoms with Crippen LogP contribution in [-0.4, -0.2) is 26.0 Å². The van der Waals surface area contributed by atoms with Gasteiger partial charge in [-0.25, -0.2) is 0 Å². The molecule has 1 heterocycles. The van der Waals surface area contributed by atoms with E-state index in [-0.39, 0.29) is 12.2 Å². The second-order valence-electron chi connectivity index (χ2n) is 6.39. The molecule has 2 aromatic carbocycles. The van der Waals surface area contributed by atoms with Crippen molar-refractivity contribution in [2.45, 2.75) is 6.54 Å². The van der Waals surface area contributed by atoms with Gasteiger partial charge in [0.25, 0.3) is 11.8 Å². The number of amides is 2. The molecule has 0 saturated carbocycles. The van der Waals surface area contributed by atoms with Crippen LogP contribution in [0.1, 0.15) is 21.7 Å². The van der Waals surface area contributed by atoms with E-state index in [4.69, 9.17) is 13.9 Å². The predicted molar refractivity (Wildman–Crippen MR) is 125 cm³/mol. The van der Waals surface area contributed by atoms with Gasteiger partial charge in [-0.3, -0.25) is 9.59 Å². The Labute approximate surface area is 193 Å². The average molecular weight is 532 g/mol. The summed E-state index contributed by atoms with van der Waals surface area (Å²) >= 11 is 2.03. The highest BCUT2D eigenvalue weighted by Gasteiger charge is 2.16. The Morgan fingerprint density at radius 2 is 1.74 bits per heavy atom. The zero-order valence-electron chi connectivity index (χ0n) is 17.0. The summed E-state index contributed by atoms with van der Waals surface area (Å²) in [5.41, 5.74) is 1.32. The van der Waals surface area contributed by atoms with Crippen molar-refractivity contribution in [3.8, 4) is 11.5 Å². The lowest BCUT2D eigenvalue weighted by Crippen LogP contribution is -2.34. The van der Waals surface area contributed by atoms with Gasteiger partial charge in [-0.2, -0.15) is 0 Å². The highest BCUT2D eigenvalue weighted by Crippen LogP contribution is 2.27. The summed E-state index contributed by atoms with van der Waals surface area (Å²) < 4.78 is 16.7. The third kappa shape index (κ3) is 6.11. The first-order valence-corrected chi connectivity index (χ1v) is 10.4. The zero-order valence-corrected chi connectivity index (χ0v) is 19.1. The quantitative estimate of drug-likeness (QED) is 0.339. The summed E-state index contributed by atoms with van der Waals surface area (Å²) in [7, 11) is 3.10. The second kappa shape index (κ2) is 10.7. The number of benzene rings is 2. The SMILES string of the molecule is COc1ccc(CNC(=O)C(=Cc2ccc(I)o2)NC(=O)c2ccccc2)cc1OC. The maximum absolute atomic E-state index is 12.9. The van der Waals surface area contributed by atoms with Crippen LogP contribution in [-0.2, 0) is 11.3 Å². The van der Waals surface area contributed by atoms with E-state index in [0.29, 0.717) is 26.6 Å². The van der Waals surface area contributed by atoms with Crippen molar-refractivity contribution in [1.82, 2.24) is 10.6 Å². The molecule has 2 N–H and O–H groups in total. The number of furan rings is 1. The second-order valence-corrected chi connectivity index (χ2v) is 7.46. The summed E-state index contributed by atoms with van der Waals surface area (Å²) in [6.07, 6.45) is 1.49. The minimum Gasteiger partial charge on any atom is -0.493 e. The van der Waals surface area contributed by atoms with Crippen molar-refractivity contribution in [3.63, 3.8) is 0 Å². The molecule has 1 aromatic heterocycles. The molecule has 0 unspecified atom stereocenters. The molecule has 0 radical (unpaired) electrons. The lowest BCUT2D eigenvalue weighted by Gasteiger charge is -2.12. The smallest absolute Gasteiger partial charge is 0.268 e. The van der Waals surface area contributed by atoms with Crippen molar-refractivity contribution in [2.75, 3.05) is 14.2 Å². The van der Waals surface area contributed by atoms with E-state index >= 15 is 0 Å². The Hall–Kier alpha value is -3.27. The lowest BCUT2D eigenvalue weighted by molar-refractivity contribution is -0.117. The Bertz CT molecular complexity index is 1090. The fourth-order valence-electron chi connectivity index (χ4n) is 2.76. The van der Waals surface area contributed by atoms with Crippen molar-refractivity contribution >= 4 is 40.5 Å². The Morgan fingerprint density at radius 3 is 2.39 bits per heavy atom. The number of ether oxygens (including phenoxy) is 2. The third-order valence-electron chi connectivity index (χ3n) is 4.31. The Morgan fingerprint density at radius 1 is 1.00 bits per heavy atom. The number of hydrogen-bond acceptors (Lipinski definition) is 5. The molecule has 0 aliphatic rings. The first-order valence-electron chi connectivity index (χ1n) is 9.32. The van der Waals surface area contributed by atoms with E-state index in [9.17, 15) is 9.59 Å². The van der Waals surface area contributed by atoms with E-state index in [1.807, 2.05) is 34.7 Å². The van der Waals surface area contributed by atoms with E-state index in [1.54, 1.807) is 62.8 Å². The van der Waals surface area contributed by atoms with Gasteiger partial charge in [-0.05, 0) is 64.6 Å². The monoisotopic (exact) mass is 532 g/mol. The Balaban J connectivity index is 1.77. The van der Waals surface area contributed by atoms with Gasteiger partial charge in [0.2, 0.25) is 0 Å². The van der Waals surface area contributed by atoms with E-state index in [2.05, 4.69) is 10.6 Å². The molecule has 0 fully saturated rings. The van der Waals surface area contributed by atoms with Gasteiger partial charge in [-0.15, -0.1) is 0 Å². The standard InChI is InChI=1S/C23H21IN2O5/c1-29-19-10-8-15(12-20(19)30-2)14-25-23(28)18(13-17-9-11-21(24)31-17)26-22(27)16-6-4-3-5-7-16/h3-13H,14H2,1-2H3,(H,25,28)(H,26,27). The van der Waals surface area contributed by atoms with Gasteiger partial charge in [0.15, 0.2) is 15.3 Å². The van der Waals surface area contributed by atoms with Crippen molar-refractivity contribution < 1.29 is 23.5 Å². The summed E-state index contributed by atoms with van der Waals surface area (Å²) in [6.45, 7) is 0.230. The van der Waals surface area contributed by atoms with Crippen molar-refractivity contribution in [1.29, 1.82) is 0 Å². The molecular weight excluding hydrogens is 511 g/mol. The highest BCUT2D eigenvalue weighted by atomic mass is 127. The molecule has 0 spiro atoms. The zero-order chi connectivity index (χ0) is 22.2. The van der Waals surface area contributed by atoms with Crippen LogP contribution < -0.4 is 20.1 Å². The van der Waals surface area contributed by atoms with Gasteiger partial charge in [0.05, 0.1) is 14.2 Å². The number of halogens is 1. The van der Waals surface area contributed by atoms with Crippen LogP contribution in [0.25, 0.3) is 6.08 Å². The van der Waals surface area contributed by atoms with Gasteiger partial charge < -0.3 is 24.5 Å². The van der Waals surface area contributed by atoms with Gasteiger partial charge >= 0.3 is 0 Å². The molecule has 8 heteroatoms. The predicted octanol–water partition coefficient (Wildman–Crippen LogP) is 3.99. The molecule has 0 atom stereocenters. The number of hydrogen-bond donors (Lipinski definition) is 2. The van der Waals surface area contributed by atoms with Crippen molar-refractivity contribution in [2.24, 2.45) is 0 Å². The molecule has 3 rings (SSSR count). The normalized spacial score (nSPS) is 11.0. The molecule has 0 bridgehead atoms. The minimum absolute atomic E-state index is 0.0695. The van der Waals surface area contributed by atoms with Crippen LogP contribution in [0.5, 0.6) is 11.5 Å². The van der Waals surface area contributed by atoms with Crippen LogP contribution in [0.4, 0.5) is 0 Å². The maximum atomic E-state index is 12.9. The molecule has 31 heavy (non-hydrogen) atoms. The number of methoxy groups -OCH3 is 2. The summed E-state index contributed by atoms with van der Waals surface area (Å²) in [5.74, 6) is 0.766. The molecular formula is C23H21IN2O5. The summed E-state index contributed by atoms with van der Waals surface area (Å²) in [5, 5.41) is 5.48. The van der Waals surface area contributed by atoms with Gasteiger partial charge in [0, 0.05) is 18.2 Å². The molecule has 0 saturated heterocycles. The lowest BCUT2D eigenvalue weighted by atomic mass is 10.2. The number of nitrogens with one attached hydrogen (secondary N) is 2. The number of carbonyl (C=O) groups is 2. The first kappa shape index (κ1) is 22.4.